The van der Waals surface area contributed by atoms with Gasteiger partial charge in [-0.25, -0.2) is 4.98 Å². The molecule has 1 N–H and O–H groups in total. The molecule has 1 unspecified atom stereocenters. The number of thiazole rings is 1. The van der Waals surface area contributed by atoms with E-state index in [0.29, 0.717) is 5.92 Å². The third-order valence-electron chi connectivity index (χ3n) is 4.82. The first kappa shape index (κ1) is 18.9. The van der Waals surface area contributed by atoms with Crippen molar-refractivity contribution in [1.82, 2.24) is 15.2 Å². The van der Waals surface area contributed by atoms with Gasteiger partial charge in [-0.3, -0.25) is 4.99 Å². The SMILES string of the molecule is CCNC(=NCCc1ncc(CC)s1)N1CCC(Cc2ccccc2)C1. The van der Waals surface area contributed by atoms with Crippen molar-refractivity contribution in [2.24, 2.45) is 10.9 Å². The minimum atomic E-state index is 0.715. The first-order valence-corrected chi connectivity index (χ1v) is 10.6. The first-order chi connectivity index (χ1) is 12.8. The Morgan fingerprint density at radius 2 is 2.15 bits per heavy atom. The lowest BCUT2D eigenvalue weighted by molar-refractivity contribution is 0.460. The van der Waals surface area contributed by atoms with Gasteiger partial charge in [-0.1, -0.05) is 37.3 Å². The van der Waals surface area contributed by atoms with Crippen molar-refractivity contribution in [3.05, 3.63) is 52.0 Å². The predicted molar refractivity (Wildman–Crippen MR) is 111 cm³/mol. The third-order valence-corrected chi connectivity index (χ3v) is 6.03. The van der Waals surface area contributed by atoms with Crippen LogP contribution in [0.3, 0.4) is 0 Å². The molecule has 2 aromatic rings. The summed E-state index contributed by atoms with van der Waals surface area (Å²) in [5.41, 5.74) is 1.44. The van der Waals surface area contributed by atoms with Gasteiger partial charge in [0.15, 0.2) is 5.96 Å². The molecule has 0 radical (unpaired) electrons. The van der Waals surface area contributed by atoms with E-state index < -0.39 is 0 Å². The Hall–Kier alpha value is -1.88. The fourth-order valence-corrected chi connectivity index (χ4v) is 4.30. The van der Waals surface area contributed by atoms with Crippen molar-refractivity contribution in [2.45, 2.75) is 39.5 Å². The van der Waals surface area contributed by atoms with Crippen LogP contribution in [-0.4, -0.2) is 42.0 Å². The molecule has 1 aliphatic rings. The zero-order chi connectivity index (χ0) is 18.2. The molecule has 26 heavy (non-hydrogen) atoms. The molecule has 0 bridgehead atoms. The van der Waals surface area contributed by atoms with E-state index in [4.69, 9.17) is 4.99 Å². The van der Waals surface area contributed by atoms with Gasteiger partial charge in [0.25, 0.3) is 0 Å². The van der Waals surface area contributed by atoms with Crippen LogP contribution in [0.5, 0.6) is 0 Å². The van der Waals surface area contributed by atoms with Gasteiger partial charge in [0.05, 0.1) is 5.01 Å². The number of aliphatic imine (C=N–C) groups is 1. The molecule has 5 heteroatoms. The second-order valence-electron chi connectivity index (χ2n) is 6.85. The lowest BCUT2D eigenvalue weighted by Gasteiger charge is -2.21. The number of guanidine groups is 1. The van der Waals surface area contributed by atoms with E-state index in [0.717, 1.165) is 51.4 Å². The van der Waals surface area contributed by atoms with Crippen molar-refractivity contribution in [3.63, 3.8) is 0 Å². The van der Waals surface area contributed by atoms with Crippen LogP contribution in [0.25, 0.3) is 0 Å². The van der Waals surface area contributed by atoms with Crippen LogP contribution in [0.15, 0.2) is 41.5 Å². The van der Waals surface area contributed by atoms with Crippen molar-refractivity contribution < 1.29 is 0 Å². The number of hydrogen-bond acceptors (Lipinski definition) is 3. The zero-order valence-corrected chi connectivity index (χ0v) is 16.8. The van der Waals surface area contributed by atoms with Crippen molar-refractivity contribution >= 4 is 17.3 Å². The van der Waals surface area contributed by atoms with Crippen LogP contribution in [0, 0.1) is 5.92 Å². The highest BCUT2D eigenvalue weighted by molar-refractivity contribution is 7.11. The van der Waals surface area contributed by atoms with Crippen LogP contribution in [0.1, 0.15) is 35.7 Å². The molecule has 1 atom stereocenters. The van der Waals surface area contributed by atoms with Gasteiger partial charge in [0, 0.05) is 43.7 Å². The van der Waals surface area contributed by atoms with E-state index >= 15 is 0 Å². The molecular formula is C21H30N4S. The quantitative estimate of drug-likeness (QED) is 0.596. The van der Waals surface area contributed by atoms with E-state index in [1.165, 1.54) is 21.9 Å². The van der Waals surface area contributed by atoms with Gasteiger partial charge in [0.1, 0.15) is 0 Å². The number of nitrogens with zero attached hydrogens (tertiary/aromatic N) is 3. The summed E-state index contributed by atoms with van der Waals surface area (Å²) < 4.78 is 0. The Labute approximate surface area is 161 Å². The van der Waals surface area contributed by atoms with Crippen LogP contribution in [-0.2, 0) is 19.3 Å². The van der Waals surface area contributed by atoms with Gasteiger partial charge in [-0.15, -0.1) is 11.3 Å². The molecule has 1 aromatic carbocycles. The maximum atomic E-state index is 4.87. The second-order valence-corrected chi connectivity index (χ2v) is 8.05. The summed E-state index contributed by atoms with van der Waals surface area (Å²) in [4.78, 5) is 13.2. The molecule has 0 aliphatic carbocycles. The lowest BCUT2D eigenvalue weighted by atomic mass is 9.99. The molecule has 140 valence electrons. The Morgan fingerprint density at radius 1 is 1.31 bits per heavy atom. The van der Waals surface area contributed by atoms with Crippen molar-refractivity contribution in [3.8, 4) is 0 Å². The average molecular weight is 371 g/mol. The molecule has 1 aromatic heterocycles. The number of likely N-dealkylation sites (tertiary alicyclic amines) is 1. The minimum Gasteiger partial charge on any atom is -0.357 e. The van der Waals surface area contributed by atoms with Gasteiger partial charge in [-0.2, -0.15) is 0 Å². The Bertz CT molecular complexity index is 695. The molecule has 0 saturated carbocycles. The van der Waals surface area contributed by atoms with Crippen LogP contribution in [0.2, 0.25) is 0 Å². The van der Waals surface area contributed by atoms with Crippen LogP contribution < -0.4 is 5.32 Å². The zero-order valence-electron chi connectivity index (χ0n) is 15.9. The third kappa shape index (κ3) is 5.31. The smallest absolute Gasteiger partial charge is 0.193 e. The minimum absolute atomic E-state index is 0.715. The topological polar surface area (TPSA) is 40.5 Å². The fourth-order valence-electron chi connectivity index (χ4n) is 3.45. The highest BCUT2D eigenvalue weighted by Crippen LogP contribution is 2.21. The number of benzene rings is 1. The molecule has 1 saturated heterocycles. The number of aromatic nitrogens is 1. The summed E-state index contributed by atoms with van der Waals surface area (Å²) in [6, 6.07) is 10.8. The highest BCUT2D eigenvalue weighted by atomic mass is 32.1. The van der Waals surface area contributed by atoms with Gasteiger partial charge in [-0.05, 0) is 37.7 Å². The molecule has 1 aliphatic heterocycles. The number of aryl methyl sites for hydroxylation is 1. The summed E-state index contributed by atoms with van der Waals surface area (Å²) in [6.07, 6.45) is 6.41. The molecular weight excluding hydrogens is 340 g/mol. The van der Waals surface area contributed by atoms with Gasteiger partial charge < -0.3 is 10.2 Å². The van der Waals surface area contributed by atoms with Crippen molar-refractivity contribution in [2.75, 3.05) is 26.2 Å². The number of rotatable bonds is 7. The van der Waals surface area contributed by atoms with E-state index in [1.54, 1.807) is 0 Å². The Morgan fingerprint density at radius 3 is 2.88 bits per heavy atom. The molecule has 3 rings (SSSR count). The summed E-state index contributed by atoms with van der Waals surface area (Å²) in [7, 11) is 0. The summed E-state index contributed by atoms with van der Waals surface area (Å²) in [5.74, 6) is 1.78. The van der Waals surface area contributed by atoms with Gasteiger partial charge in [0.2, 0.25) is 0 Å². The van der Waals surface area contributed by atoms with E-state index in [9.17, 15) is 0 Å². The van der Waals surface area contributed by atoms with Crippen LogP contribution in [0.4, 0.5) is 0 Å². The van der Waals surface area contributed by atoms with Crippen LogP contribution >= 0.6 is 11.3 Å². The molecule has 0 amide bonds. The molecule has 2 heterocycles. The Kier molecular flexibility index (Phi) is 7.06. The van der Waals surface area contributed by atoms with E-state index in [2.05, 4.69) is 59.4 Å². The van der Waals surface area contributed by atoms with Crippen molar-refractivity contribution in [1.29, 1.82) is 0 Å². The monoisotopic (exact) mass is 370 g/mol. The Balaban J connectivity index is 1.53. The standard InChI is InChI=1S/C21H30N4S/c1-3-19-15-24-20(26-19)10-12-23-21(22-4-2)25-13-11-18(16-25)14-17-8-6-5-7-9-17/h5-9,15,18H,3-4,10-14,16H2,1-2H3,(H,22,23). The molecule has 1 fully saturated rings. The summed E-state index contributed by atoms with van der Waals surface area (Å²) in [6.45, 7) is 8.23. The molecule has 4 nitrogen and oxygen atoms in total. The second kappa shape index (κ2) is 9.72. The first-order valence-electron chi connectivity index (χ1n) is 9.79. The highest BCUT2D eigenvalue weighted by Gasteiger charge is 2.24. The molecule has 0 spiro atoms. The maximum absolute atomic E-state index is 4.87. The number of nitrogens with one attached hydrogen (secondary N) is 1. The predicted octanol–water partition coefficient (Wildman–Crippen LogP) is 3.78. The largest absolute Gasteiger partial charge is 0.357 e. The normalized spacial score (nSPS) is 17.7. The number of hydrogen-bond donors (Lipinski definition) is 1. The maximum Gasteiger partial charge on any atom is 0.193 e. The van der Waals surface area contributed by atoms with E-state index in [-0.39, 0.29) is 0 Å². The van der Waals surface area contributed by atoms with E-state index in [1.807, 2.05) is 17.5 Å². The van der Waals surface area contributed by atoms with Gasteiger partial charge >= 0.3 is 0 Å². The summed E-state index contributed by atoms with van der Waals surface area (Å²) in [5, 5.41) is 4.67. The fraction of sp³-hybridized carbons (Fsp3) is 0.524. The summed E-state index contributed by atoms with van der Waals surface area (Å²) >= 11 is 1.82. The lowest BCUT2D eigenvalue weighted by Crippen LogP contribution is -2.40. The average Bonchev–Trinajstić information content (AvgIpc) is 3.31.